The summed E-state index contributed by atoms with van der Waals surface area (Å²) >= 11 is 1.30. The van der Waals surface area contributed by atoms with Crippen molar-refractivity contribution in [1.82, 2.24) is 9.62 Å². The average molecular weight is 315 g/mol. The van der Waals surface area contributed by atoms with E-state index in [1.165, 1.54) is 18.2 Å². The number of alkyl halides is 1. The zero-order chi connectivity index (χ0) is 14.8. The van der Waals surface area contributed by atoms with Crippen molar-refractivity contribution in [2.75, 3.05) is 30.5 Å². The van der Waals surface area contributed by atoms with Crippen LogP contribution in [-0.2, 0) is 6.54 Å². The fourth-order valence-electron chi connectivity index (χ4n) is 2.73. The summed E-state index contributed by atoms with van der Waals surface area (Å²) in [5.74, 6) is -0.427. The van der Waals surface area contributed by atoms with Gasteiger partial charge in [0.1, 0.15) is 17.6 Å². The maximum atomic E-state index is 14.7. The van der Waals surface area contributed by atoms with E-state index in [1.807, 2.05) is 0 Å². The predicted molar refractivity (Wildman–Crippen MR) is 80.4 cm³/mol. The summed E-state index contributed by atoms with van der Waals surface area (Å²) in [4.78, 5) is 2.06. The van der Waals surface area contributed by atoms with Gasteiger partial charge in [0.05, 0.1) is 0 Å². The Morgan fingerprint density at radius 1 is 1.29 bits per heavy atom. The average Bonchev–Trinajstić information content (AvgIpc) is 2.98. The highest BCUT2D eigenvalue weighted by molar-refractivity contribution is 7.99. The highest BCUT2D eigenvalue weighted by Crippen LogP contribution is 2.37. The summed E-state index contributed by atoms with van der Waals surface area (Å²) in [6, 6.07) is 3.15. The summed E-state index contributed by atoms with van der Waals surface area (Å²) in [7, 11) is 0. The molecule has 0 aliphatic carbocycles. The quantitative estimate of drug-likeness (QED) is 0.838. The number of halogens is 2. The number of hydrogen-bond donors (Lipinski definition) is 2. The van der Waals surface area contributed by atoms with Crippen LogP contribution in [0.1, 0.15) is 18.4 Å². The Bertz CT molecular complexity index is 503. The minimum absolute atomic E-state index is 0.0464. The van der Waals surface area contributed by atoms with E-state index in [1.54, 1.807) is 10.4 Å². The zero-order valence-electron chi connectivity index (χ0n) is 11.7. The number of likely N-dealkylation sites (tertiary alicyclic amines) is 1. The Morgan fingerprint density at radius 3 is 2.71 bits per heavy atom. The SMILES string of the molecule is Oc1ccc(CN2CCC(F)CC2)c(F)c1N1CCNS1. The highest BCUT2D eigenvalue weighted by Gasteiger charge is 2.25. The predicted octanol–water partition coefficient (Wildman–Crippen LogP) is 2.44. The lowest BCUT2D eigenvalue weighted by Crippen LogP contribution is -2.34. The molecule has 0 saturated carbocycles. The number of aromatic hydroxyl groups is 1. The van der Waals surface area contributed by atoms with Crippen LogP contribution in [0.25, 0.3) is 0 Å². The minimum atomic E-state index is -0.728. The lowest BCUT2D eigenvalue weighted by molar-refractivity contribution is 0.144. The zero-order valence-corrected chi connectivity index (χ0v) is 12.5. The summed E-state index contributed by atoms with van der Waals surface area (Å²) in [5, 5.41) is 9.93. The van der Waals surface area contributed by atoms with Crippen LogP contribution in [0.15, 0.2) is 12.1 Å². The number of anilines is 1. The molecule has 4 nitrogen and oxygen atoms in total. The molecule has 2 aliphatic rings. The first-order valence-corrected chi connectivity index (χ1v) is 7.96. The number of benzene rings is 1. The van der Waals surface area contributed by atoms with E-state index in [9.17, 15) is 13.9 Å². The third-order valence-electron chi connectivity index (χ3n) is 3.93. The molecule has 0 aromatic heterocycles. The molecule has 2 saturated heterocycles. The molecule has 2 N–H and O–H groups in total. The number of phenolic OH excluding ortho intramolecular Hbond substituents is 1. The van der Waals surface area contributed by atoms with Crippen molar-refractivity contribution >= 4 is 17.8 Å². The molecular formula is C14H19F2N3OS. The number of nitrogens with zero attached hydrogens (tertiary/aromatic N) is 2. The smallest absolute Gasteiger partial charge is 0.155 e. The molecule has 7 heteroatoms. The second-order valence-corrected chi connectivity index (χ2v) is 6.36. The van der Waals surface area contributed by atoms with Crippen molar-refractivity contribution in [1.29, 1.82) is 0 Å². The van der Waals surface area contributed by atoms with Crippen molar-refractivity contribution in [2.45, 2.75) is 25.6 Å². The lowest BCUT2D eigenvalue weighted by atomic mass is 10.1. The molecule has 0 amide bonds. The van der Waals surface area contributed by atoms with Gasteiger partial charge in [0.15, 0.2) is 5.82 Å². The third-order valence-corrected chi connectivity index (χ3v) is 4.85. The van der Waals surface area contributed by atoms with Gasteiger partial charge in [-0.2, -0.15) is 0 Å². The Kier molecular flexibility index (Phi) is 4.51. The first kappa shape index (κ1) is 14.9. The number of piperidine rings is 1. The van der Waals surface area contributed by atoms with E-state index in [-0.39, 0.29) is 17.3 Å². The molecule has 2 heterocycles. The van der Waals surface area contributed by atoms with E-state index in [2.05, 4.69) is 9.62 Å². The molecule has 0 atom stereocenters. The molecule has 2 fully saturated rings. The Balaban J connectivity index is 1.77. The number of rotatable bonds is 3. The minimum Gasteiger partial charge on any atom is -0.506 e. The Hall–Kier alpha value is -1.05. The van der Waals surface area contributed by atoms with Gasteiger partial charge in [0.2, 0.25) is 0 Å². The van der Waals surface area contributed by atoms with Gasteiger partial charge in [-0.25, -0.2) is 13.5 Å². The first-order chi connectivity index (χ1) is 10.1. The third kappa shape index (κ3) is 3.25. The van der Waals surface area contributed by atoms with Gasteiger partial charge >= 0.3 is 0 Å². The van der Waals surface area contributed by atoms with E-state index in [0.717, 1.165) is 6.54 Å². The van der Waals surface area contributed by atoms with Crippen LogP contribution in [0.4, 0.5) is 14.5 Å². The fourth-order valence-corrected chi connectivity index (χ4v) is 3.52. The Morgan fingerprint density at radius 2 is 2.05 bits per heavy atom. The highest BCUT2D eigenvalue weighted by atomic mass is 32.2. The summed E-state index contributed by atoms with van der Waals surface area (Å²) < 4.78 is 32.6. The van der Waals surface area contributed by atoms with Gasteiger partial charge in [-0.05, 0) is 18.9 Å². The molecule has 0 bridgehead atoms. The first-order valence-electron chi connectivity index (χ1n) is 7.19. The van der Waals surface area contributed by atoms with Crippen LogP contribution in [0.3, 0.4) is 0 Å². The summed E-state index contributed by atoms with van der Waals surface area (Å²) in [6.45, 7) is 3.15. The van der Waals surface area contributed by atoms with E-state index < -0.39 is 6.17 Å². The fraction of sp³-hybridized carbons (Fsp3) is 0.571. The largest absolute Gasteiger partial charge is 0.506 e. The molecule has 3 rings (SSSR count). The van der Waals surface area contributed by atoms with Gasteiger partial charge in [-0.15, -0.1) is 0 Å². The van der Waals surface area contributed by atoms with Gasteiger partial charge in [0.25, 0.3) is 0 Å². The van der Waals surface area contributed by atoms with Gasteiger partial charge in [-0.3, -0.25) is 9.21 Å². The monoisotopic (exact) mass is 315 g/mol. The molecule has 0 unspecified atom stereocenters. The number of phenols is 1. The lowest BCUT2D eigenvalue weighted by Gasteiger charge is -2.29. The second-order valence-electron chi connectivity index (χ2n) is 5.44. The van der Waals surface area contributed by atoms with Crippen LogP contribution >= 0.6 is 12.1 Å². The van der Waals surface area contributed by atoms with Gasteiger partial charge < -0.3 is 5.11 Å². The van der Waals surface area contributed by atoms with Crippen molar-refractivity contribution < 1.29 is 13.9 Å². The van der Waals surface area contributed by atoms with Crippen LogP contribution in [0.2, 0.25) is 0 Å². The molecule has 0 spiro atoms. The van der Waals surface area contributed by atoms with E-state index in [4.69, 9.17) is 0 Å². The van der Waals surface area contributed by atoms with Crippen molar-refractivity contribution in [3.8, 4) is 5.75 Å². The summed E-state index contributed by atoms with van der Waals surface area (Å²) in [5.41, 5.74) is 0.787. The normalized spacial score (nSPS) is 21.1. The van der Waals surface area contributed by atoms with Crippen LogP contribution in [0.5, 0.6) is 5.75 Å². The van der Waals surface area contributed by atoms with Crippen LogP contribution in [0, 0.1) is 5.82 Å². The molecular weight excluding hydrogens is 296 g/mol. The topological polar surface area (TPSA) is 38.7 Å². The second kappa shape index (κ2) is 6.37. The van der Waals surface area contributed by atoms with Crippen LogP contribution in [-0.4, -0.2) is 42.4 Å². The van der Waals surface area contributed by atoms with Crippen LogP contribution < -0.4 is 9.03 Å². The van der Waals surface area contributed by atoms with Gasteiger partial charge in [0, 0.05) is 50.4 Å². The standard InChI is InChI=1S/C14H19F2N3OS/c15-11-3-6-18(7-4-11)9-10-1-2-12(20)14(13(10)16)19-8-5-17-21-19/h1-2,11,17,20H,3-9H2. The van der Waals surface area contributed by atoms with Crippen molar-refractivity contribution in [3.05, 3.63) is 23.5 Å². The maximum Gasteiger partial charge on any atom is 0.155 e. The molecule has 0 radical (unpaired) electrons. The van der Waals surface area contributed by atoms with E-state index >= 15 is 0 Å². The molecule has 2 aliphatic heterocycles. The Labute approximate surface area is 127 Å². The molecule has 21 heavy (non-hydrogen) atoms. The molecule has 1 aromatic rings. The molecule has 1 aromatic carbocycles. The maximum absolute atomic E-state index is 14.7. The van der Waals surface area contributed by atoms with Crippen molar-refractivity contribution in [2.24, 2.45) is 0 Å². The van der Waals surface area contributed by atoms with E-state index in [0.29, 0.717) is 44.6 Å². The van der Waals surface area contributed by atoms with Crippen molar-refractivity contribution in [3.63, 3.8) is 0 Å². The van der Waals surface area contributed by atoms with Gasteiger partial charge in [-0.1, -0.05) is 6.07 Å². The number of hydrogen-bond acceptors (Lipinski definition) is 5. The number of nitrogens with one attached hydrogen (secondary N) is 1. The molecule has 116 valence electrons. The summed E-state index contributed by atoms with van der Waals surface area (Å²) in [6.07, 6.45) is 0.297.